The van der Waals surface area contributed by atoms with E-state index in [1.165, 1.54) is 41.3 Å². The van der Waals surface area contributed by atoms with E-state index < -0.39 is 15.5 Å². The maximum atomic E-state index is 12.5. The fourth-order valence-corrected chi connectivity index (χ4v) is 5.20. The van der Waals surface area contributed by atoms with Crippen molar-refractivity contribution in [2.24, 2.45) is 5.41 Å². The van der Waals surface area contributed by atoms with Gasteiger partial charge < -0.3 is 14.2 Å². The third-order valence-corrected chi connectivity index (χ3v) is 6.94. The van der Waals surface area contributed by atoms with Gasteiger partial charge in [-0.3, -0.25) is 14.2 Å². The molecule has 0 bridgehead atoms. The molecule has 8 nitrogen and oxygen atoms in total. The predicted octanol–water partition coefficient (Wildman–Crippen LogP) is 4.99. The van der Waals surface area contributed by atoms with E-state index in [0.717, 1.165) is 29.5 Å². The number of benzene rings is 3. The predicted molar refractivity (Wildman–Crippen MR) is 144 cm³/mol. The molecule has 37 heavy (non-hydrogen) atoms. The van der Waals surface area contributed by atoms with Crippen LogP contribution in [0.5, 0.6) is 17.2 Å². The van der Waals surface area contributed by atoms with E-state index in [0.29, 0.717) is 23.8 Å². The molecule has 0 saturated carbocycles. The van der Waals surface area contributed by atoms with Gasteiger partial charge in [-0.15, -0.1) is 0 Å². The maximum Gasteiger partial charge on any atom is 0.316 e. The lowest BCUT2D eigenvalue weighted by Gasteiger charge is -2.33. The molecule has 200 valence electrons. The van der Waals surface area contributed by atoms with Gasteiger partial charge in [-0.1, -0.05) is 6.07 Å². The van der Waals surface area contributed by atoms with E-state index in [2.05, 4.69) is 23.1 Å². The van der Waals surface area contributed by atoms with E-state index >= 15 is 0 Å². The van der Waals surface area contributed by atoms with Crippen LogP contribution in [0.1, 0.15) is 44.7 Å². The average molecular weight is 530 g/mol. The number of hydrogen-bond donors (Lipinski definition) is 1. The molecule has 0 amide bonds. The minimum Gasteiger partial charge on any atom is -0.493 e. The molecule has 2 aliphatic heterocycles. The quantitative estimate of drug-likeness (QED) is 0.219. The lowest BCUT2D eigenvalue weighted by atomic mass is 9.85. The molecule has 0 spiro atoms. The molecule has 1 atom stereocenters. The molecule has 1 saturated heterocycles. The molecule has 5 rings (SSSR count). The second-order valence-corrected chi connectivity index (χ2v) is 12.2. The van der Waals surface area contributed by atoms with Gasteiger partial charge >= 0.3 is 5.97 Å². The first kappa shape index (κ1) is 27.2. The summed E-state index contributed by atoms with van der Waals surface area (Å²) in [4.78, 5) is 15.1. The lowest BCUT2D eigenvalue weighted by molar-refractivity contribution is -0.142. The highest BCUT2D eigenvalue weighted by atomic mass is 32.2. The standard InChI is InChI=1S/C27H31NO4.CH4O3S/c1-27(2,3)26(29)32-17-8-9-18-19-11-16-7-6-10-28(16)15-23(19)22-14-25(31-5)24(30-4)13-21(22)20(18)12-17;1-5(2,3)4/h8-9,12-14,16H,6-7,10-11,15H2,1-5H3;1H3,(H,2,3,4)/t16-;/m0./s1. The van der Waals surface area contributed by atoms with Gasteiger partial charge in [0.1, 0.15) is 5.75 Å². The Morgan fingerprint density at radius 1 is 0.973 bits per heavy atom. The molecular weight excluding hydrogens is 494 g/mol. The van der Waals surface area contributed by atoms with Crippen molar-refractivity contribution in [1.82, 2.24) is 4.90 Å². The number of carbonyl (C=O) groups excluding carboxylic acids is 1. The number of hydrogen-bond acceptors (Lipinski definition) is 7. The Morgan fingerprint density at radius 3 is 2.16 bits per heavy atom. The molecule has 3 aromatic rings. The summed E-state index contributed by atoms with van der Waals surface area (Å²) in [5.74, 6) is 1.78. The zero-order chi connectivity index (χ0) is 27.1. The van der Waals surface area contributed by atoms with Crippen molar-refractivity contribution >= 4 is 37.6 Å². The number of carbonyl (C=O) groups is 1. The van der Waals surface area contributed by atoms with Crippen LogP contribution in [0, 0.1) is 5.41 Å². The zero-order valence-electron chi connectivity index (χ0n) is 22.3. The molecule has 0 radical (unpaired) electrons. The summed E-state index contributed by atoms with van der Waals surface area (Å²) < 4.78 is 42.9. The summed E-state index contributed by atoms with van der Waals surface area (Å²) in [6, 6.07) is 10.8. The molecule has 0 unspecified atom stereocenters. The minimum atomic E-state index is -3.67. The van der Waals surface area contributed by atoms with Crippen molar-refractivity contribution in [3.8, 4) is 17.2 Å². The highest BCUT2D eigenvalue weighted by Crippen LogP contribution is 2.44. The topological polar surface area (TPSA) is 102 Å². The summed E-state index contributed by atoms with van der Waals surface area (Å²) in [6.45, 7) is 7.73. The van der Waals surface area contributed by atoms with Crippen LogP contribution < -0.4 is 14.2 Å². The SMILES string of the molecule is COc1cc2c3c(c4ccc(OC(=O)C(C)(C)C)cc4c2cc1OC)C[C@@H]1CCCN1C3.CS(=O)(=O)O. The van der Waals surface area contributed by atoms with E-state index in [1.54, 1.807) is 14.2 Å². The van der Waals surface area contributed by atoms with Gasteiger partial charge in [-0.25, -0.2) is 0 Å². The van der Waals surface area contributed by atoms with Gasteiger partial charge in [0.05, 0.1) is 25.9 Å². The van der Waals surface area contributed by atoms with Crippen molar-refractivity contribution in [3.05, 3.63) is 41.5 Å². The summed E-state index contributed by atoms with van der Waals surface area (Å²) in [7, 11) is -0.326. The molecule has 2 heterocycles. The zero-order valence-corrected chi connectivity index (χ0v) is 23.1. The molecule has 0 aromatic heterocycles. The Balaban J connectivity index is 0.000000586. The van der Waals surface area contributed by atoms with E-state index in [9.17, 15) is 13.2 Å². The van der Waals surface area contributed by atoms with Crippen LogP contribution in [0.15, 0.2) is 30.3 Å². The smallest absolute Gasteiger partial charge is 0.316 e. The molecule has 2 aliphatic rings. The molecule has 0 aliphatic carbocycles. The number of nitrogens with zero attached hydrogens (tertiary/aromatic N) is 1. The Hall–Kier alpha value is -2.88. The molecule has 1 N–H and O–H groups in total. The number of esters is 1. The Labute approximate surface area is 218 Å². The number of ether oxygens (including phenoxy) is 3. The van der Waals surface area contributed by atoms with Gasteiger partial charge in [-0.05, 0) is 104 Å². The Bertz CT molecular complexity index is 1450. The third-order valence-electron chi connectivity index (χ3n) is 6.94. The van der Waals surface area contributed by atoms with Gasteiger partial charge in [0.25, 0.3) is 10.1 Å². The second kappa shape index (κ2) is 10.1. The third kappa shape index (κ3) is 5.84. The fraction of sp³-hybridized carbons (Fsp3) is 0.464. The van der Waals surface area contributed by atoms with Gasteiger partial charge in [-0.2, -0.15) is 8.42 Å². The van der Waals surface area contributed by atoms with Crippen LogP contribution >= 0.6 is 0 Å². The summed E-state index contributed by atoms with van der Waals surface area (Å²) >= 11 is 0. The first-order valence-corrected chi connectivity index (χ1v) is 14.2. The van der Waals surface area contributed by atoms with Crippen LogP contribution in [0.3, 0.4) is 0 Å². The molecule has 1 fully saturated rings. The van der Waals surface area contributed by atoms with Crippen LogP contribution in [0.25, 0.3) is 21.5 Å². The number of methoxy groups -OCH3 is 2. The first-order valence-electron chi connectivity index (χ1n) is 12.3. The largest absolute Gasteiger partial charge is 0.493 e. The minimum absolute atomic E-state index is 0.236. The molecule has 9 heteroatoms. The number of rotatable bonds is 3. The van der Waals surface area contributed by atoms with Crippen molar-refractivity contribution in [1.29, 1.82) is 0 Å². The summed E-state index contributed by atoms with van der Waals surface area (Å²) in [5.41, 5.74) is 2.23. The van der Waals surface area contributed by atoms with Crippen molar-refractivity contribution in [2.45, 2.75) is 52.6 Å². The monoisotopic (exact) mass is 529 g/mol. The highest BCUT2D eigenvalue weighted by Gasteiger charge is 2.32. The van der Waals surface area contributed by atoms with Gasteiger partial charge in [0.2, 0.25) is 0 Å². The van der Waals surface area contributed by atoms with E-state index in [4.69, 9.17) is 18.8 Å². The summed E-state index contributed by atoms with van der Waals surface area (Å²) in [6.07, 6.45) is 4.29. The first-order chi connectivity index (χ1) is 17.3. The van der Waals surface area contributed by atoms with Crippen molar-refractivity contribution < 1.29 is 32.0 Å². The van der Waals surface area contributed by atoms with Crippen molar-refractivity contribution in [3.63, 3.8) is 0 Å². The van der Waals surface area contributed by atoms with Crippen LogP contribution in [0.2, 0.25) is 0 Å². The van der Waals surface area contributed by atoms with Crippen LogP contribution in [0.4, 0.5) is 0 Å². The molecule has 3 aromatic carbocycles. The average Bonchev–Trinajstić information content (AvgIpc) is 3.28. The van der Waals surface area contributed by atoms with E-state index in [1.807, 2.05) is 32.9 Å². The van der Waals surface area contributed by atoms with E-state index in [-0.39, 0.29) is 5.97 Å². The highest BCUT2D eigenvalue weighted by molar-refractivity contribution is 7.85. The van der Waals surface area contributed by atoms with Crippen LogP contribution in [-0.4, -0.2) is 56.9 Å². The Kier molecular flexibility index (Phi) is 7.43. The summed E-state index contributed by atoms with van der Waals surface area (Å²) in [5, 5.41) is 4.62. The lowest BCUT2D eigenvalue weighted by Crippen LogP contribution is -2.35. The van der Waals surface area contributed by atoms with Gasteiger partial charge in [0.15, 0.2) is 11.5 Å². The maximum absolute atomic E-state index is 12.5. The normalized spacial score (nSPS) is 17.5. The van der Waals surface area contributed by atoms with Crippen LogP contribution in [-0.2, 0) is 27.9 Å². The van der Waals surface area contributed by atoms with Gasteiger partial charge in [0, 0.05) is 12.6 Å². The van der Waals surface area contributed by atoms with Crippen molar-refractivity contribution in [2.75, 3.05) is 27.0 Å². The Morgan fingerprint density at radius 2 is 1.57 bits per heavy atom. The number of fused-ring (bicyclic) bond motifs is 7. The fourth-order valence-electron chi connectivity index (χ4n) is 5.20. The second-order valence-electron chi connectivity index (χ2n) is 10.8. The molecular formula is C28H35NO7S.